The number of hydrogen-bond donors (Lipinski definition) is 1. The molecule has 0 atom stereocenters. The first-order valence-electron chi connectivity index (χ1n) is 7.58. The molecule has 0 bridgehead atoms. The number of nitrogens with zero attached hydrogens (tertiary/aromatic N) is 2. The van der Waals surface area contributed by atoms with E-state index in [2.05, 4.69) is 36.5 Å². The van der Waals surface area contributed by atoms with Crippen molar-refractivity contribution in [3.05, 3.63) is 29.1 Å². The monoisotopic (exact) mass is 261 g/mol. The third-order valence-electron chi connectivity index (χ3n) is 3.81. The second-order valence-electron chi connectivity index (χ2n) is 5.90. The summed E-state index contributed by atoms with van der Waals surface area (Å²) in [6, 6.07) is 0. The van der Waals surface area contributed by atoms with Gasteiger partial charge in [0.1, 0.15) is 0 Å². The molecule has 1 aromatic heterocycles. The lowest BCUT2D eigenvalue weighted by Crippen LogP contribution is -2.16. The lowest BCUT2D eigenvalue weighted by Gasteiger charge is -2.13. The molecule has 19 heavy (non-hydrogen) atoms. The van der Waals surface area contributed by atoms with E-state index in [-0.39, 0.29) is 0 Å². The molecule has 0 saturated heterocycles. The summed E-state index contributed by atoms with van der Waals surface area (Å²) in [6.07, 6.45) is 11.1. The van der Waals surface area contributed by atoms with Crippen LogP contribution >= 0.6 is 0 Å². The molecule has 0 aromatic carbocycles. The van der Waals surface area contributed by atoms with Crippen molar-refractivity contribution in [3.63, 3.8) is 0 Å². The Kier molecular flexibility index (Phi) is 5.20. The number of aromatic nitrogens is 2. The first-order chi connectivity index (χ1) is 9.16. The number of rotatable bonds is 6. The highest BCUT2D eigenvalue weighted by molar-refractivity contribution is 5.20. The van der Waals surface area contributed by atoms with Crippen LogP contribution < -0.4 is 5.32 Å². The number of allylic oxidation sites excluding steroid dienone is 1. The molecular weight excluding hydrogens is 234 g/mol. The van der Waals surface area contributed by atoms with E-state index in [0.29, 0.717) is 5.92 Å². The minimum Gasteiger partial charge on any atom is -0.312 e. The Morgan fingerprint density at radius 3 is 2.89 bits per heavy atom. The van der Waals surface area contributed by atoms with Crippen LogP contribution in [-0.2, 0) is 13.6 Å². The van der Waals surface area contributed by atoms with Crippen LogP contribution in [0.2, 0.25) is 0 Å². The van der Waals surface area contributed by atoms with Crippen LogP contribution in [-0.4, -0.2) is 16.3 Å². The van der Waals surface area contributed by atoms with Gasteiger partial charge in [0.2, 0.25) is 0 Å². The van der Waals surface area contributed by atoms with E-state index in [1.165, 1.54) is 43.4 Å². The molecule has 2 rings (SSSR count). The van der Waals surface area contributed by atoms with Crippen molar-refractivity contribution in [2.24, 2.45) is 7.05 Å². The predicted octanol–water partition coefficient (Wildman–Crippen LogP) is 3.52. The van der Waals surface area contributed by atoms with Gasteiger partial charge in [-0.25, -0.2) is 0 Å². The van der Waals surface area contributed by atoms with E-state index in [4.69, 9.17) is 0 Å². The SMILES string of the molecule is CC(C)c1nn(C)cc1CNCCC1=CCCCC1. The Bertz CT molecular complexity index is 429. The third kappa shape index (κ3) is 4.20. The number of aryl methyl sites for hydroxylation is 1. The van der Waals surface area contributed by atoms with Crippen LogP contribution in [0.4, 0.5) is 0 Å². The molecule has 1 aliphatic rings. The molecule has 0 amide bonds. The van der Waals surface area contributed by atoms with E-state index in [0.717, 1.165) is 13.1 Å². The maximum atomic E-state index is 4.54. The van der Waals surface area contributed by atoms with Gasteiger partial charge >= 0.3 is 0 Å². The van der Waals surface area contributed by atoms with Gasteiger partial charge < -0.3 is 5.32 Å². The number of nitrogens with one attached hydrogen (secondary N) is 1. The summed E-state index contributed by atoms with van der Waals surface area (Å²) in [6.45, 7) is 6.43. The highest BCUT2D eigenvalue weighted by Crippen LogP contribution is 2.20. The largest absolute Gasteiger partial charge is 0.312 e. The second kappa shape index (κ2) is 6.90. The molecule has 3 nitrogen and oxygen atoms in total. The molecule has 0 saturated carbocycles. The van der Waals surface area contributed by atoms with Crippen molar-refractivity contribution < 1.29 is 0 Å². The molecule has 1 aromatic rings. The van der Waals surface area contributed by atoms with E-state index >= 15 is 0 Å². The van der Waals surface area contributed by atoms with Crippen LogP contribution in [0.3, 0.4) is 0 Å². The van der Waals surface area contributed by atoms with Gasteiger partial charge in [-0.05, 0) is 44.6 Å². The second-order valence-corrected chi connectivity index (χ2v) is 5.90. The Balaban J connectivity index is 1.77. The van der Waals surface area contributed by atoms with Crippen LogP contribution in [0, 0.1) is 0 Å². The lowest BCUT2D eigenvalue weighted by atomic mass is 9.97. The topological polar surface area (TPSA) is 29.9 Å². The maximum Gasteiger partial charge on any atom is 0.0694 e. The van der Waals surface area contributed by atoms with Gasteiger partial charge in [0, 0.05) is 25.4 Å². The Hall–Kier alpha value is -1.09. The molecule has 0 unspecified atom stereocenters. The molecule has 0 radical (unpaired) electrons. The van der Waals surface area contributed by atoms with E-state index < -0.39 is 0 Å². The van der Waals surface area contributed by atoms with Gasteiger partial charge in [-0.1, -0.05) is 25.5 Å². The number of hydrogen-bond acceptors (Lipinski definition) is 2. The molecule has 0 aliphatic heterocycles. The molecule has 0 fully saturated rings. The van der Waals surface area contributed by atoms with Crippen LogP contribution in [0.25, 0.3) is 0 Å². The van der Waals surface area contributed by atoms with Crippen LogP contribution in [0.1, 0.15) is 63.1 Å². The molecule has 1 N–H and O–H groups in total. The predicted molar refractivity (Wildman–Crippen MR) is 80.2 cm³/mol. The summed E-state index contributed by atoms with van der Waals surface area (Å²) in [7, 11) is 2.00. The lowest BCUT2D eigenvalue weighted by molar-refractivity contribution is 0.629. The minimum absolute atomic E-state index is 0.499. The molecule has 1 aliphatic carbocycles. The fourth-order valence-corrected chi connectivity index (χ4v) is 2.78. The van der Waals surface area contributed by atoms with Crippen LogP contribution in [0.5, 0.6) is 0 Å². The molecular formula is C16H27N3. The Labute approximate surface area is 117 Å². The van der Waals surface area contributed by atoms with Crippen molar-refractivity contribution >= 4 is 0 Å². The first-order valence-corrected chi connectivity index (χ1v) is 7.58. The summed E-state index contributed by atoms with van der Waals surface area (Å²) in [5, 5.41) is 8.11. The van der Waals surface area contributed by atoms with Gasteiger partial charge in [0.05, 0.1) is 5.69 Å². The van der Waals surface area contributed by atoms with Gasteiger partial charge in [0.15, 0.2) is 0 Å². The molecule has 3 heteroatoms. The highest BCUT2D eigenvalue weighted by Gasteiger charge is 2.10. The zero-order valence-corrected chi connectivity index (χ0v) is 12.6. The van der Waals surface area contributed by atoms with Crippen molar-refractivity contribution in [2.75, 3.05) is 6.54 Å². The van der Waals surface area contributed by atoms with Crippen molar-refractivity contribution in [1.29, 1.82) is 0 Å². The van der Waals surface area contributed by atoms with Gasteiger partial charge in [-0.2, -0.15) is 5.10 Å². The normalized spacial score (nSPS) is 15.9. The Morgan fingerprint density at radius 2 is 2.21 bits per heavy atom. The summed E-state index contributed by atoms with van der Waals surface area (Å²) < 4.78 is 1.93. The molecule has 1 heterocycles. The van der Waals surface area contributed by atoms with Crippen LogP contribution in [0.15, 0.2) is 17.8 Å². The van der Waals surface area contributed by atoms with Crippen molar-refractivity contribution in [3.8, 4) is 0 Å². The van der Waals surface area contributed by atoms with Crippen molar-refractivity contribution in [1.82, 2.24) is 15.1 Å². The molecule has 0 spiro atoms. The average Bonchev–Trinajstić information content (AvgIpc) is 2.77. The highest BCUT2D eigenvalue weighted by atomic mass is 15.3. The van der Waals surface area contributed by atoms with Gasteiger partial charge in [0.25, 0.3) is 0 Å². The zero-order chi connectivity index (χ0) is 13.7. The van der Waals surface area contributed by atoms with E-state index in [1.807, 2.05) is 11.7 Å². The quantitative estimate of drug-likeness (QED) is 0.627. The third-order valence-corrected chi connectivity index (χ3v) is 3.81. The summed E-state index contributed by atoms with van der Waals surface area (Å²) >= 11 is 0. The maximum absolute atomic E-state index is 4.54. The fourth-order valence-electron chi connectivity index (χ4n) is 2.78. The molecule has 106 valence electrons. The summed E-state index contributed by atoms with van der Waals surface area (Å²) in [4.78, 5) is 0. The minimum atomic E-state index is 0.499. The van der Waals surface area contributed by atoms with E-state index in [9.17, 15) is 0 Å². The summed E-state index contributed by atoms with van der Waals surface area (Å²) in [5.41, 5.74) is 4.22. The van der Waals surface area contributed by atoms with Crippen molar-refractivity contribution in [2.45, 2.75) is 58.4 Å². The fraction of sp³-hybridized carbons (Fsp3) is 0.688. The van der Waals surface area contributed by atoms with Gasteiger partial charge in [-0.3, -0.25) is 4.68 Å². The standard InChI is InChI=1S/C16H27N3/c1-13(2)16-15(12-19(3)18-16)11-17-10-9-14-7-5-4-6-8-14/h7,12-13,17H,4-6,8-11H2,1-3H3. The first kappa shape index (κ1) is 14.3. The summed E-state index contributed by atoms with van der Waals surface area (Å²) in [5.74, 6) is 0.499. The average molecular weight is 261 g/mol. The van der Waals surface area contributed by atoms with E-state index in [1.54, 1.807) is 5.57 Å². The Morgan fingerprint density at radius 1 is 1.37 bits per heavy atom. The van der Waals surface area contributed by atoms with Gasteiger partial charge in [-0.15, -0.1) is 0 Å². The smallest absolute Gasteiger partial charge is 0.0694 e. The zero-order valence-electron chi connectivity index (χ0n) is 12.6.